The lowest BCUT2D eigenvalue weighted by Gasteiger charge is -2.11. The Morgan fingerprint density at radius 2 is 2.12 bits per heavy atom. The zero-order valence-corrected chi connectivity index (χ0v) is 13.7. The predicted octanol–water partition coefficient (Wildman–Crippen LogP) is 2.65. The van der Waals surface area contributed by atoms with Gasteiger partial charge in [0.1, 0.15) is 0 Å². The molecule has 0 spiro atoms. The number of rotatable bonds is 3. The highest BCUT2D eigenvalue weighted by Gasteiger charge is 2.18. The van der Waals surface area contributed by atoms with Crippen LogP contribution in [0.1, 0.15) is 28.7 Å². The Kier molecular flexibility index (Phi) is 3.26. The van der Waals surface area contributed by atoms with Crippen molar-refractivity contribution in [1.29, 1.82) is 0 Å². The second-order valence-electron chi connectivity index (χ2n) is 6.11. The molecule has 122 valence electrons. The molecule has 4 rings (SSSR count). The minimum atomic E-state index is -1.02. The van der Waals surface area contributed by atoms with E-state index in [1.54, 1.807) is 10.6 Å². The van der Waals surface area contributed by atoms with Crippen LogP contribution in [0.5, 0.6) is 0 Å². The smallest absolute Gasteiger partial charge is 0.354 e. The van der Waals surface area contributed by atoms with Gasteiger partial charge in [-0.3, -0.25) is 0 Å². The number of aryl methyl sites for hydroxylation is 1. The molecule has 0 atom stereocenters. The van der Waals surface area contributed by atoms with Crippen molar-refractivity contribution in [1.82, 2.24) is 14.6 Å². The maximum atomic E-state index is 11.3. The number of carboxylic acids is 1. The molecular weight excluding hydrogens is 304 g/mol. The number of likely N-dealkylation sites (N-methyl/N-ethyl adjacent to an activating group) is 1. The molecule has 3 heterocycles. The summed E-state index contributed by atoms with van der Waals surface area (Å²) in [6, 6.07) is 9.80. The quantitative estimate of drug-likeness (QED) is 0.803. The molecule has 0 aliphatic carbocycles. The summed E-state index contributed by atoms with van der Waals surface area (Å²) >= 11 is 0. The third-order valence-corrected chi connectivity index (χ3v) is 4.59. The SMILES string of the molecule is CCc1cc(C(=O)O)nc2cc(-c3ccc4c(c3)CCN4C)nn12. The number of fused-ring (bicyclic) bond motifs is 2. The molecule has 1 aliphatic heterocycles. The Hall–Kier alpha value is -2.89. The first-order valence-corrected chi connectivity index (χ1v) is 8.04. The van der Waals surface area contributed by atoms with Crippen LogP contribution in [-0.2, 0) is 12.8 Å². The van der Waals surface area contributed by atoms with Gasteiger partial charge >= 0.3 is 5.97 Å². The lowest BCUT2D eigenvalue weighted by molar-refractivity contribution is 0.0690. The summed E-state index contributed by atoms with van der Waals surface area (Å²) in [5.74, 6) is -1.02. The van der Waals surface area contributed by atoms with Crippen molar-refractivity contribution in [3.05, 3.63) is 47.3 Å². The van der Waals surface area contributed by atoms with E-state index in [1.165, 1.54) is 11.3 Å². The van der Waals surface area contributed by atoms with E-state index < -0.39 is 5.97 Å². The van der Waals surface area contributed by atoms with Crippen molar-refractivity contribution in [2.24, 2.45) is 0 Å². The molecule has 0 saturated heterocycles. The first-order chi connectivity index (χ1) is 11.6. The van der Waals surface area contributed by atoms with E-state index in [4.69, 9.17) is 0 Å². The number of nitrogens with zero attached hydrogens (tertiary/aromatic N) is 4. The maximum absolute atomic E-state index is 11.3. The molecule has 0 radical (unpaired) electrons. The van der Waals surface area contributed by atoms with Crippen molar-refractivity contribution in [2.75, 3.05) is 18.5 Å². The van der Waals surface area contributed by atoms with E-state index in [0.29, 0.717) is 12.1 Å². The Labute approximate surface area is 139 Å². The number of benzene rings is 1. The molecule has 6 heteroatoms. The zero-order valence-electron chi connectivity index (χ0n) is 13.7. The lowest BCUT2D eigenvalue weighted by Crippen LogP contribution is -2.12. The van der Waals surface area contributed by atoms with Crippen LogP contribution in [0.3, 0.4) is 0 Å². The van der Waals surface area contributed by atoms with Crippen molar-refractivity contribution < 1.29 is 9.90 Å². The molecule has 0 bridgehead atoms. The number of aromatic carboxylic acids is 1. The lowest BCUT2D eigenvalue weighted by atomic mass is 10.1. The summed E-state index contributed by atoms with van der Waals surface area (Å²) in [5.41, 5.74) is 5.90. The van der Waals surface area contributed by atoms with Crippen LogP contribution in [-0.4, -0.2) is 39.3 Å². The summed E-state index contributed by atoms with van der Waals surface area (Å²) in [6.07, 6.45) is 1.73. The van der Waals surface area contributed by atoms with Gasteiger partial charge in [-0.2, -0.15) is 5.10 Å². The molecule has 1 aromatic carbocycles. The highest BCUT2D eigenvalue weighted by molar-refractivity contribution is 5.86. The van der Waals surface area contributed by atoms with Gasteiger partial charge < -0.3 is 10.0 Å². The largest absolute Gasteiger partial charge is 0.477 e. The summed E-state index contributed by atoms with van der Waals surface area (Å²) < 4.78 is 1.74. The summed E-state index contributed by atoms with van der Waals surface area (Å²) in [5, 5.41) is 13.9. The second-order valence-corrected chi connectivity index (χ2v) is 6.11. The number of carboxylic acid groups (broad SMARTS) is 1. The normalized spacial score (nSPS) is 13.5. The Morgan fingerprint density at radius 3 is 2.88 bits per heavy atom. The first-order valence-electron chi connectivity index (χ1n) is 8.04. The average molecular weight is 322 g/mol. The second kappa shape index (κ2) is 5.33. The molecule has 0 unspecified atom stereocenters. The first kappa shape index (κ1) is 14.7. The Bertz CT molecular complexity index is 961. The minimum Gasteiger partial charge on any atom is -0.477 e. The van der Waals surface area contributed by atoms with Gasteiger partial charge in [0.05, 0.1) is 5.69 Å². The third-order valence-electron chi connectivity index (χ3n) is 4.59. The van der Waals surface area contributed by atoms with Gasteiger partial charge in [0, 0.05) is 36.6 Å². The molecule has 6 nitrogen and oxygen atoms in total. The molecule has 3 aromatic rings. The van der Waals surface area contributed by atoms with Crippen molar-refractivity contribution in [3.8, 4) is 11.3 Å². The van der Waals surface area contributed by atoms with Gasteiger partial charge in [-0.05, 0) is 36.6 Å². The van der Waals surface area contributed by atoms with Crippen LogP contribution in [0, 0.1) is 0 Å². The molecule has 2 aromatic heterocycles. The molecule has 1 aliphatic rings. The summed E-state index contributed by atoms with van der Waals surface area (Å²) in [4.78, 5) is 17.7. The fourth-order valence-corrected chi connectivity index (χ4v) is 3.27. The summed E-state index contributed by atoms with van der Waals surface area (Å²) in [7, 11) is 2.10. The highest BCUT2D eigenvalue weighted by atomic mass is 16.4. The van der Waals surface area contributed by atoms with Crippen molar-refractivity contribution in [3.63, 3.8) is 0 Å². The fraction of sp³-hybridized carbons (Fsp3) is 0.278. The van der Waals surface area contributed by atoms with Gasteiger partial charge in [-0.15, -0.1) is 0 Å². The molecule has 24 heavy (non-hydrogen) atoms. The van der Waals surface area contributed by atoms with E-state index in [9.17, 15) is 9.90 Å². The third kappa shape index (κ3) is 2.22. The maximum Gasteiger partial charge on any atom is 0.354 e. The van der Waals surface area contributed by atoms with E-state index in [0.717, 1.165) is 29.9 Å². The topological polar surface area (TPSA) is 70.7 Å². The Morgan fingerprint density at radius 1 is 1.29 bits per heavy atom. The van der Waals surface area contributed by atoms with Crippen LogP contribution in [0.2, 0.25) is 0 Å². The van der Waals surface area contributed by atoms with Crippen LogP contribution in [0.25, 0.3) is 16.9 Å². The number of hydrogen-bond acceptors (Lipinski definition) is 4. The van der Waals surface area contributed by atoms with Crippen LogP contribution in [0.4, 0.5) is 5.69 Å². The van der Waals surface area contributed by atoms with Crippen LogP contribution < -0.4 is 4.90 Å². The van der Waals surface area contributed by atoms with Gasteiger partial charge in [0.25, 0.3) is 0 Å². The van der Waals surface area contributed by atoms with E-state index in [2.05, 4.69) is 40.2 Å². The van der Waals surface area contributed by atoms with Gasteiger partial charge in [-0.25, -0.2) is 14.3 Å². The van der Waals surface area contributed by atoms with E-state index in [-0.39, 0.29) is 5.69 Å². The number of aromatic nitrogens is 3. The molecule has 0 fully saturated rings. The Balaban J connectivity index is 1.85. The summed E-state index contributed by atoms with van der Waals surface area (Å²) in [6.45, 7) is 3.01. The molecule has 1 N–H and O–H groups in total. The predicted molar refractivity (Wildman–Crippen MR) is 91.7 cm³/mol. The molecule has 0 saturated carbocycles. The van der Waals surface area contributed by atoms with Crippen molar-refractivity contribution in [2.45, 2.75) is 19.8 Å². The number of carbonyl (C=O) groups is 1. The standard InChI is InChI=1S/C18H18N4O2/c1-3-13-9-15(18(23)24)19-17-10-14(20-22(13)17)11-4-5-16-12(8-11)6-7-21(16)2/h4-5,8-10H,3,6-7H2,1-2H3,(H,23,24). The van der Waals surface area contributed by atoms with Gasteiger partial charge in [0.2, 0.25) is 0 Å². The van der Waals surface area contributed by atoms with Gasteiger partial charge in [0.15, 0.2) is 11.3 Å². The monoisotopic (exact) mass is 322 g/mol. The van der Waals surface area contributed by atoms with Crippen LogP contribution in [0.15, 0.2) is 30.3 Å². The molecular formula is C18H18N4O2. The fourth-order valence-electron chi connectivity index (χ4n) is 3.27. The minimum absolute atomic E-state index is 0.0568. The van der Waals surface area contributed by atoms with Gasteiger partial charge in [-0.1, -0.05) is 13.0 Å². The van der Waals surface area contributed by atoms with E-state index >= 15 is 0 Å². The van der Waals surface area contributed by atoms with Crippen LogP contribution >= 0.6 is 0 Å². The zero-order chi connectivity index (χ0) is 16.8. The number of anilines is 1. The average Bonchev–Trinajstić information content (AvgIpc) is 3.17. The van der Waals surface area contributed by atoms with E-state index in [1.807, 2.05) is 13.0 Å². The van der Waals surface area contributed by atoms with Crippen molar-refractivity contribution >= 4 is 17.3 Å². The molecule has 0 amide bonds. The number of hydrogen-bond donors (Lipinski definition) is 1. The highest BCUT2D eigenvalue weighted by Crippen LogP contribution is 2.31.